The Kier molecular flexibility index (Phi) is 5.52. The Morgan fingerprint density at radius 3 is 2.60 bits per heavy atom. The molecule has 1 aromatic rings. The van der Waals surface area contributed by atoms with Crippen molar-refractivity contribution in [3.8, 4) is 0 Å². The number of benzene rings is 1. The van der Waals surface area contributed by atoms with Crippen molar-refractivity contribution < 1.29 is 13.2 Å². The van der Waals surface area contributed by atoms with Gasteiger partial charge in [0, 0.05) is 13.6 Å². The number of nitrogens with zero attached hydrogens (tertiary/aromatic N) is 1. The summed E-state index contributed by atoms with van der Waals surface area (Å²) in [5.74, 6) is -0.330. The molecule has 3 N–H and O–H groups in total. The zero-order valence-corrected chi connectivity index (χ0v) is 12.8. The molecule has 0 radical (unpaired) electrons. The van der Waals surface area contributed by atoms with E-state index in [1.54, 1.807) is 12.1 Å². The lowest BCUT2D eigenvalue weighted by Crippen LogP contribution is -2.38. The molecule has 112 valence electrons. The molecule has 1 amide bonds. The maximum atomic E-state index is 12.3. The van der Waals surface area contributed by atoms with Gasteiger partial charge in [-0.3, -0.25) is 4.79 Å². The predicted octanol–water partition coefficient (Wildman–Crippen LogP) is 0.724. The highest BCUT2D eigenvalue weighted by Gasteiger charge is 2.24. The molecule has 1 rings (SSSR count). The number of nitrogens with two attached hydrogens (primary N) is 1. The number of nitrogens with one attached hydrogen (secondary N) is 1. The van der Waals surface area contributed by atoms with Gasteiger partial charge in [0.15, 0.2) is 0 Å². The maximum Gasteiger partial charge on any atom is 0.245 e. The Morgan fingerprint density at radius 2 is 2.05 bits per heavy atom. The van der Waals surface area contributed by atoms with Gasteiger partial charge in [0.1, 0.15) is 4.90 Å². The van der Waals surface area contributed by atoms with Crippen molar-refractivity contribution >= 4 is 21.6 Å². The van der Waals surface area contributed by atoms with E-state index >= 15 is 0 Å². The first-order valence-electron chi connectivity index (χ1n) is 6.38. The second kappa shape index (κ2) is 6.71. The van der Waals surface area contributed by atoms with Gasteiger partial charge in [0.25, 0.3) is 0 Å². The first kappa shape index (κ1) is 16.5. The van der Waals surface area contributed by atoms with Crippen LogP contribution in [0.3, 0.4) is 0 Å². The van der Waals surface area contributed by atoms with E-state index in [0.29, 0.717) is 6.54 Å². The molecule has 0 atom stereocenters. The number of amides is 1. The standard InChI is InChI=1S/C13H21N3O3S/c1-4-7-15-13(17)9-16(3)20(18,19)12-6-5-10(2)8-11(12)14/h5-6,8H,4,7,9,14H2,1-3H3,(H,15,17). The largest absolute Gasteiger partial charge is 0.398 e. The van der Waals surface area contributed by atoms with Crippen molar-refractivity contribution in [3.05, 3.63) is 23.8 Å². The van der Waals surface area contributed by atoms with Crippen LogP contribution in [0.15, 0.2) is 23.1 Å². The fraction of sp³-hybridized carbons (Fsp3) is 0.462. The van der Waals surface area contributed by atoms with E-state index in [4.69, 9.17) is 5.73 Å². The molecule has 0 saturated heterocycles. The summed E-state index contributed by atoms with van der Waals surface area (Å²) in [5.41, 5.74) is 6.82. The molecule has 0 aliphatic heterocycles. The molecular formula is C13H21N3O3S. The van der Waals surface area contributed by atoms with Crippen LogP contribution in [-0.4, -0.2) is 38.8 Å². The van der Waals surface area contributed by atoms with Gasteiger partial charge in [0.05, 0.1) is 12.2 Å². The van der Waals surface area contributed by atoms with E-state index in [1.807, 2.05) is 13.8 Å². The summed E-state index contributed by atoms with van der Waals surface area (Å²) in [4.78, 5) is 11.6. The van der Waals surface area contributed by atoms with Crippen LogP contribution in [0.4, 0.5) is 5.69 Å². The van der Waals surface area contributed by atoms with E-state index < -0.39 is 10.0 Å². The summed E-state index contributed by atoms with van der Waals surface area (Å²) in [5, 5.41) is 2.63. The topological polar surface area (TPSA) is 92.5 Å². The highest BCUT2D eigenvalue weighted by Crippen LogP contribution is 2.22. The zero-order valence-electron chi connectivity index (χ0n) is 12.0. The predicted molar refractivity (Wildman–Crippen MR) is 78.7 cm³/mol. The lowest BCUT2D eigenvalue weighted by molar-refractivity contribution is -0.121. The van der Waals surface area contributed by atoms with Crippen molar-refractivity contribution in [2.75, 3.05) is 25.9 Å². The molecule has 0 saturated carbocycles. The summed E-state index contributed by atoms with van der Waals surface area (Å²) in [6.07, 6.45) is 0.799. The number of likely N-dealkylation sites (N-methyl/N-ethyl adjacent to an activating group) is 1. The Balaban J connectivity index is 2.90. The third kappa shape index (κ3) is 3.94. The van der Waals surface area contributed by atoms with E-state index in [-0.39, 0.29) is 23.0 Å². The second-order valence-corrected chi connectivity index (χ2v) is 6.67. The molecule has 0 spiro atoms. The molecule has 1 aromatic carbocycles. The van der Waals surface area contributed by atoms with Gasteiger partial charge in [-0.1, -0.05) is 13.0 Å². The fourth-order valence-electron chi connectivity index (χ4n) is 1.68. The number of anilines is 1. The van der Waals surface area contributed by atoms with E-state index in [0.717, 1.165) is 16.3 Å². The summed E-state index contributed by atoms with van der Waals surface area (Å²) in [6, 6.07) is 4.73. The van der Waals surface area contributed by atoms with E-state index in [2.05, 4.69) is 5.32 Å². The van der Waals surface area contributed by atoms with Crippen LogP contribution in [0.25, 0.3) is 0 Å². The van der Waals surface area contributed by atoms with Gasteiger partial charge in [-0.05, 0) is 31.0 Å². The number of sulfonamides is 1. The Morgan fingerprint density at radius 1 is 1.40 bits per heavy atom. The van der Waals surface area contributed by atoms with E-state index in [1.165, 1.54) is 13.1 Å². The summed E-state index contributed by atoms with van der Waals surface area (Å²) in [6.45, 7) is 4.05. The molecule has 0 aliphatic rings. The highest BCUT2D eigenvalue weighted by molar-refractivity contribution is 7.89. The molecule has 0 unspecified atom stereocenters. The number of rotatable bonds is 6. The smallest absolute Gasteiger partial charge is 0.245 e. The van der Waals surface area contributed by atoms with Crippen molar-refractivity contribution in [2.45, 2.75) is 25.2 Å². The van der Waals surface area contributed by atoms with Gasteiger partial charge in [-0.25, -0.2) is 8.42 Å². The molecule has 0 fully saturated rings. The lowest BCUT2D eigenvalue weighted by Gasteiger charge is -2.18. The summed E-state index contributed by atoms with van der Waals surface area (Å²) in [7, 11) is -2.40. The number of carbonyl (C=O) groups excluding carboxylic acids is 1. The van der Waals surface area contributed by atoms with Crippen molar-refractivity contribution in [1.82, 2.24) is 9.62 Å². The average molecular weight is 299 g/mol. The van der Waals surface area contributed by atoms with Gasteiger partial charge >= 0.3 is 0 Å². The van der Waals surface area contributed by atoms with Crippen LogP contribution in [0.1, 0.15) is 18.9 Å². The third-order valence-electron chi connectivity index (χ3n) is 2.79. The Hall–Kier alpha value is -1.60. The van der Waals surface area contributed by atoms with Crippen molar-refractivity contribution in [2.24, 2.45) is 0 Å². The molecule has 20 heavy (non-hydrogen) atoms. The number of hydrogen-bond acceptors (Lipinski definition) is 4. The van der Waals surface area contributed by atoms with Crippen LogP contribution in [0.2, 0.25) is 0 Å². The zero-order chi connectivity index (χ0) is 15.3. The first-order valence-corrected chi connectivity index (χ1v) is 7.82. The van der Waals surface area contributed by atoms with Gasteiger partial charge < -0.3 is 11.1 Å². The molecule has 0 heterocycles. The first-order chi connectivity index (χ1) is 9.28. The van der Waals surface area contributed by atoms with Crippen molar-refractivity contribution in [1.29, 1.82) is 0 Å². The fourth-order valence-corrected chi connectivity index (χ4v) is 2.90. The molecule has 0 bridgehead atoms. The van der Waals surface area contributed by atoms with Gasteiger partial charge in [-0.2, -0.15) is 4.31 Å². The minimum atomic E-state index is -3.76. The second-order valence-electron chi connectivity index (χ2n) is 4.65. The maximum absolute atomic E-state index is 12.3. The average Bonchev–Trinajstić information content (AvgIpc) is 2.35. The molecule has 0 aromatic heterocycles. The Labute approximate surface area is 120 Å². The van der Waals surface area contributed by atoms with Crippen LogP contribution < -0.4 is 11.1 Å². The normalized spacial score (nSPS) is 11.6. The third-order valence-corrected chi connectivity index (χ3v) is 4.67. The highest BCUT2D eigenvalue weighted by atomic mass is 32.2. The van der Waals surface area contributed by atoms with E-state index in [9.17, 15) is 13.2 Å². The van der Waals surface area contributed by atoms with Crippen LogP contribution >= 0.6 is 0 Å². The van der Waals surface area contributed by atoms with Gasteiger partial charge in [0.2, 0.25) is 15.9 Å². The number of carbonyl (C=O) groups is 1. The SMILES string of the molecule is CCCNC(=O)CN(C)S(=O)(=O)c1ccc(C)cc1N. The molecular weight excluding hydrogens is 278 g/mol. The number of hydrogen-bond donors (Lipinski definition) is 2. The monoisotopic (exact) mass is 299 g/mol. The summed E-state index contributed by atoms with van der Waals surface area (Å²) < 4.78 is 25.7. The number of nitrogen functional groups attached to an aromatic ring is 1. The Bertz CT molecular complexity index is 585. The van der Waals surface area contributed by atoms with Crippen LogP contribution in [0.5, 0.6) is 0 Å². The van der Waals surface area contributed by atoms with Crippen molar-refractivity contribution in [3.63, 3.8) is 0 Å². The number of aryl methyl sites for hydroxylation is 1. The quantitative estimate of drug-likeness (QED) is 0.757. The summed E-state index contributed by atoms with van der Waals surface area (Å²) >= 11 is 0. The van der Waals surface area contributed by atoms with Crippen LogP contribution in [-0.2, 0) is 14.8 Å². The minimum Gasteiger partial charge on any atom is -0.398 e. The van der Waals surface area contributed by atoms with Gasteiger partial charge in [-0.15, -0.1) is 0 Å². The molecule has 0 aliphatic carbocycles. The molecule has 7 heteroatoms. The van der Waals surface area contributed by atoms with Crippen LogP contribution in [0, 0.1) is 6.92 Å². The molecule has 6 nitrogen and oxygen atoms in total. The minimum absolute atomic E-state index is 0.0221. The lowest BCUT2D eigenvalue weighted by atomic mass is 10.2.